The molecule has 0 radical (unpaired) electrons. The summed E-state index contributed by atoms with van der Waals surface area (Å²) in [5.41, 5.74) is 3.18. The lowest BCUT2D eigenvalue weighted by Crippen LogP contribution is -2.44. The van der Waals surface area contributed by atoms with Gasteiger partial charge in [0.25, 0.3) is 0 Å². The summed E-state index contributed by atoms with van der Waals surface area (Å²) in [5.74, 6) is -1.35. The van der Waals surface area contributed by atoms with E-state index in [4.69, 9.17) is 0 Å². The summed E-state index contributed by atoms with van der Waals surface area (Å²) >= 11 is 0. The molecule has 3 aromatic carbocycles. The van der Waals surface area contributed by atoms with Gasteiger partial charge in [-0.25, -0.2) is 4.79 Å². The molecule has 2 N–H and O–H groups in total. The van der Waals surface area contributed by atoms with Gasteiger partial charge in [-0.2, -0.15) is 0 Å². The van der Waals surface area contributed by atoms with Gasteiger partial charge in [0.05, 0.1) is 5.41 Å². The van der Waals surface area contributed by atoms with Crippen molar-refractivity contribution in [2.45, 2.75) is 38.1 Å². The minimum Gasteiger partial charge on any atom is -0.480 e. The normalized spacial score (nSPS) is 11.9. The largest absolute Gasteiger partial charge is 0.480 e. The minimum absolute atomic E-state index is 0.0869. The van der Waals surface area contributed by atoms with E-state index in [9.17, 15) is 14.7 Å². The fraction of sp³-hybridized carbons (Fsp3) is 0.214. The predicted molar refractivity (Wildman–Crippen MR) is 127 cm³/mol. The number of rotatable bonds is 9. The van der Waals surface area contributed by atoms with E-state index in [1.54, 1.807) is 0 Å². The molecule has 0 saturated carbocycles. The van der Waals surface area contributed by atoms with Gasteiger partial charge >= 0.3 is 5.97 Å². The first-order valence-electron chi connectivity index (χ1n) is 10.8. The Balaban J connectivity index is 2.08. The molecule has 32 heavy (non-hydrogen) atoms. The number of carbonyl (C=O) groups is 2. The Labute approximate surface area is 189 Å². The van der Waals surface area contributed by atoms with Crippen LogP contribution in [0, 0.1) is 0 Å². The molecule has 0 saturated heterocycles. The molecule has 1 atom stereocenters. The lowest BCUT2D eigenvalue weighted by Gasteiger charge is -2.36. The van der Waals surface area contributed by atoms with Crippen molar-refractivity contribution in [2.75, 3.05) is 0 Å². The van der Waals surface area contributed by atoms with Gasteiger partial charge in [-0.15, -0.1) is 0 Å². The summed E-state index contributed by atoms with van der Waals surface area (Å²) in [6.07, 6.45) is 2.17. The van der Waals surface area contributed by atoms with Gasteiger partial charge in [0.1, 0.15) is 6.04 Å². The van der Waals surface area contributed by atoms with Gasteiger partial charge in [0.15, 0.2) is 0 Å². The topological polar surface area (TPSA) is 66.4 Å². The Bertz CT molecular complexity index is 959. The van der Waals surface area contributed by atoms with Gasteiger partial charge in [-0.1, -0.05) is 103 Å². The number of allylic oxidation sites excluding steroid dienone is 1. The third-order valence-corrected chi connectivity index (χ3v) is 5.62. The van der Waals surface area contributed by atoms with Crippen LogP contribution in [0.15, 0.2) is 103 Å². The molecule has 0 fully saturated rings. The molecule has 0 aromatic heterocycles. The second kappa shape index (κ2) is 10.6. The van der Waals surface area contributed by atoms with Crippen LogP contribution in [0.5, 0.6) is 0 Å². The third-order valence-electron chi connectivity index (χ3n) is 5.62. The summed E-state index contributed by atoms with van der Waals surface area (Å²) in [6.45, 7) is 3.82. The Morgan fingerprint density at radius 1 is 0.812 bits per heavy atom. The zero-order valence-electron chi connectivity index (χ0n) is 18.5. The molecule has 0 aliphatic carbocycles. The van der Waals surface area contributed by atoms with E-state index in [1.165, 1.54) is 0 Å². The number of carboxylic acid groups (broad SMARTS) is 1. The Morgan fingerprint density at radius 3 is 1.56 bits per heavy atom. The molecule has 0 aliphatic rings. The Morgan fingerprint density at radius 2 is 1.22 bits per heavy atom. The lowest BCUT2D eigenvalue weighted by atomic mass is 9.67. The molecule has 0 aliphatic heterocycles. The molecule has 4 heteroatoms. The molecule has 0 heterocycles. The zero-order chi connectivity index (χ0) is 23.0. The first-order chi connectivity index (χ1) is 15.4. The second-order valence-electron chi connectivity index (χ2n) is 8.16. The number of hydrogen-bond donors (Lipinski definition) is 2. The maximum absolute atomic E-state index is 13.3. The van der Waals surface area contributed by atoms with Crippen molar-refractivity contribution in [1.29, 1.82) is 0 Å². The first-order valence-corrected chi connectivity index (χ1v) is 10.8. The molecule has 0 bridgehead atoms. The molecule has 164 valence electrons. The number of benzene rings is 3. The van der Waals surface area contributed by atoms with Gasteiger partial charge in [0, 0.05) is 6.42 Å². The van der Waals surface area contributed by atoms with Gasteiger partial charge in [-0.05, 0) is 37.0 Å². The van der Waals surface area contributed by atoms with E-state index in [-0.39, 0.29) is 18.7 Å². The van der Waals surface area contributed by atoms with Crippen molar-refractivity contribution >= 4 is 11.9 Å². The minimum atomic E-state index is -1.04. The fourth-order valence-corrected chi connectivity index (χ4v) is 4.04. The van der Waals surface area contributed by atoms with Crippen molar-refractivity contribution < 1.29 is 14.7 Å². The molecular weight excluding hydrogens is 398 g/mol. The van der Waals surface area contributed by atoms with Gasteiger partial charge < -0.3 is 10.4 Å². The Kier molecular flexibility index (Phi) is 7.61. The Hall–Kier alpha value is -3.66. The van der Waals surface area contributed by atoms with E-state index < -0.39 is 17.4 Å². The highest BCUT2D eigenvalue weighted by atomic mass is 16.4. The number of amides is 1. The molecule has 0 spiro atoms. The molecular formula is C28H29NO3. The fourth-order valence-electron chi connectivity index (χ4n) is 4.04. The van der Waals surface area contributed by atoms with Crippen LogP contribution in [0.2, 0.25) is 0 Å². The molecule has 4 nitrogen and oxygen atoms in total. The van der Waals surface area contributed by atoms with Crippen molar-refractivity contribution in [2.24, 2.45) is 0 Å². The van der Waals surface area contributed by atoms with E-state index in [1.807, 2.05) is 111 Å². The number of aliphatic carboxylic acids is 1. The summed E-state index contributed by atoms with van der Waals surface area (Å²) in [4.78, 5) is 25.1. The maximum Gasteiger partial charge on any atom is 0.326 e. The summed E-state index contributed by atoms with van der Waals surface area (Å²) in [5, 5.41) is 12.4. The highest BCUT2D eigenvalue weighted by molar-refractivity contribution is 5.85. The summed E-state index contributed by atoms with van der Waals surface area (Å²) < 4.78 is 0. The van der Waals surface area contributed by atoms with Gasteiger partial charge in [-0.3, -0.25) is 4.79 Å². The number of carbonyl (C=O) groups excluding carboxylic acids is 1. The van der Waals surface area contributed by atoms with Crippen LogP contribution in [0.1, 0.15) is 43.4 Å². The standard InChI is InChI=1S/C28H29NO3/c1-21(2)18-19-25(27(31)32)29-26(30)20-28(22-12-6-3-7-13-22,23-14-8-4-9-15-23)24-16-10-5-11-17-24/h3-18,25H,19-20H2,1-2H3,(H,29,30)(H,31,32)/t25-/m0/s1. The number of nitrogens with one attached hydrogen (secondary N) is 1. The smallest absolute Gasteiger partial charge is 0.326 e. The van der Waals surface area contributed by atoms with Crippen LogP contribution < -0.4 is 5.32 Å². The third kappa shape index (κ3) is 5.33. The molecule has 1 amide bonds. The average Bonchev–Trinajstić information content (AvgIpc) is 2.81. The van der Waals surface area contributed by atoms with E-state index in [2.05, 4.69) is 5.32 Å². The van der Waals surface area contributed by atoms with Crippen LogP contribution in [-0.4, -0.2) is 23.0 Å². The van der Waals surface area contributed by atoms with E-state index in [0.717, 1.165) is 22.3 Å². The van der Waals surface area contributed by atoms with Crippen molar-refractivity contribution in [3.8, 4) is 0 Å². The van der Waals surface area contributed by atoms with Crippen LogP contribution in [0.25, 0.3) is 0 Å². The van der Waals surface area contributed by atoms with E-state index >= 15 is 0 Å². The summed E-state index contributed by atoms with van der Waals surface area (Å²) in [6, 6.07) is 28.8. The van der Waals surface area contributed by atoms with E-state index in [0.29, 0.717) is 0 Å². The predicted octanol–water partition coefficient (Wildman–Crippen LogP) is 5.34. The number of carboxylic acids is 1. The van der Waals surface area contributed by atoms with Crippen molar-refractivity contribution in [1.82, 2.24) is 5.32 Å². The highest BCUT2D eigenvalue weighted by Crippen LogP contribution is 2.42. The van der Waals surface area contributed by atoms with Crippen molar-refractivity contribution in [3.63, 3.8) is 0 Å². The number of hydrogen-bond acceptors (Lipinski definition) is 2. The lowest BCUT2D eigenvalue weighted by molar-refractivity contribution is -0.141. The van der Waals surface area contributed by atoms with Crippen LogP contribution in [-0.2, 0) is 15.0 Å². The monoisotopic (exact) mass is 427 g/mol. The van der Waals surface area contributed by atoms with Crippen LogP contribution in [0.3, 0.4) is 0 Å². The van der Waals surface area contributed by atoms with Crippen LogP contribution >= 0.6 is 0 Å². The SMILES string of the molecule is CC(C)=CC[C@H](NC(=O)CC(c1ccccc1)(c1ccccc1)c1ccccc1)C(=O)O. The first kappa shape index (κ1) is 23.0. The van der Waals surface area contributed by atoms with Crippen molar-refractivity contribution in [3.05, 3.63) is 119 Å². The maximum atomic E-state index is 13.3. The molecule has 3 aromatic rings. The average molecular weight is 428 g/mol. The molecule has 0 unspecified atom stereocenters. The highest BCUT2D eigenvalue weighted by Gasteiger charge is 2.39. The molecule has 3 rings (SSSR count). The summed E-state index contributed by atoms with van der Waals surface area (Å²) in [7, 11) is 0. The quantitative estimate of drug-likeness (QED) is 0.358. The second-order valence-corrected chi connectivity index (χ2v) is 8.16. The zero-order valence-corrected chi connectivity index (χ0v) is 18.5. The van der Waals surface area contributed by atoms with Crippen LogP contribution in [0.4, 0.5) is 0 Å². The van der Waals surface area contributed by atoms with Gasteiger partial charge in [0.2, 0.25) is 5.91 Å².